The van der Waals surface area contributed by atoms with Gasteiger partial charge < -0.3 is 5.32 Å². The molecule has 27 heavy (non-hydrogen) atoms. The van der Waals surface area contributed by atoms with Crippen LogP contribution in [0.1, 0.15) is 85.2 Å². The van der Waals surface area contributed by atoms with Crippen LogP contribution in [0.15, 0.2) is 30.5 Å². The zero-order chi connectivity index (χ0) is 19.8. The summed E-state index contributed by atoms with van der Waals surface area (Å²) in [5.74, 6) is 0.0440. The maximum Gasteiger partial charge on any atom is 0.416 e. The van der Waals surface area contributed by atoms with E-state index in [0.29, 0.717) is 17.0 Å². The number of carbonyl (C=O) groups excluding carboxylic acids is 1. The lowest BCUT2D eigenvalue weighted by Crippen LogP contribution is -2.27. The van der Waals surface area contributed by atoms with E-state index in [0.717, 1.165) is 37.1 Å². The van der Waals surface area contributed by atoms with Crippen LogP contribution in [-0.2, 0) is 6.18 Å². The number of carbonyl (C=O) groups is 1. The summed E-state index contributed by atoms with van der Waals surface area (Å²) in [7, 11) is 0. The maximum atomic E-state index is 12.9. The van der Waals surface area contributed by atoms with Crippen molar-refractivity contribution in [3.8, 4) is 0 Å². The van der Waals surface area contributed by atoms with Gasteiger partial charge in [-0.05, 0) is 50.8 Å². The van der Waals surface area contributed by atoms with Gasteiger partial charge in [0.1, 0.15) is 0 Å². The number of benzene rings is 1. The van der Waals surface area contributed by atoms with Crippen molar-refractivity contribution in [2.45, 2.75) is 64.2 Å². The first-order chi connectivity index (χ1) is 12.7. The fourth-order valence-electron chi connectivity index (χ4n) is 3.18. The Kier molecular flexibility index (Phi) is 5.31. The molecule has 0 saturated heterocycles. The molecule has 0 radical (unpaired) electrons. The minimum Gasteiger partial charge on any atom is -0.345 e. The van der Waals surface area contributed by atoms with Gasteiger partial charge in [-0.25, -0.2) is 0 Å². The van der Waals surface area contributed by atoms with Gasteiger partial charge in [0.05, 0.1) is 29.1 Å². The fourth-order valence-corrected chi connectivity index (χ4v) is 3.18. The summed E-state index contributed by atoms with van der Waals surface area (Å²) in [6.07, 6.45) is 0.143. The van der Waals surface area contributed by atoms with Gasteiger partial charge in [-0.1, -0.05) is 19.1 Å². The number of amides is 1. The van der Waals surface area contributed by atoms with E-state index in [9.17, 15) is 18.0 Å². The highest BCUT2D eigenvalue weighted by molar-refractivity contribution is 5.95. The second-order valence-electron chi connectivity index (χ2n) is 7.24. The van der Waals surface area contributed by atoms with E-state index < -0.39 is 17.8 Å². The van der Waals surface area contributed by atoms with Crippen LogP contribution in [0.4, 0.5) is 13.2 Å². The van der Waals surface area contributed by atoms with Crippen LogP contribution in [0.3, 0.4) is 0 Å². The summed E-state index contributed by atoms with van der Waals surface area (Å²) in [5, 5.41) is 7.23. The number of hydrogen-bond donors (Lipinski definition) is 1. The molecule has 1 N–H and O–H groups in total. The highest BCUT2D eigenvalue weighted by Gasteiger charge is 2.34. The first-order valence-electron chi connectivity index (χ1n) is 9.27. The van der Waals surface area contributed by atoms with Gasteiger partial charge in [0.25, 0.3) is 5.91 Å². The second-order valence-corrected chi connectivity index (χ2v) is 7.24. The first kappa shape index (κ1) is 19.5. The Hall–Kier alpha value is -2.31. The van der Waals surface area contributed by atoms with Gasteiger partial charge in [0, 0.05) is 12.0 Å². The zero-order valence-electron chi connectivity index (χ0n) is 15.7. The minimum atomic E-state index is -4.41. The molecule has 1 saturated carbocycles. The molecule has 4 nitrogen and oxygen atoms in total. The van der Waals surface area contributed by atoms with Gasteiger partial charge in [-0.3, -0.25) is 9.48 Å². The Morgan fingerprint density at radius 3 is 2.63 bits per heavy atom. The van der Waals surface area contributed by atoms with Crippen LogP contribution in [0, 0.1) is 0 Å². The number of hydrogen-bond acceptors (Lipinski definition) is 2. The molecule has 2 atom stereocenters. The number of aromatic nitrogens is 2. The summed E-state index contributed by atoms with van der Waals surface area (Å²) < 4.78 is 40.7. The molecule has 2 aromatic rings. The van der Waals surface area contributed by atoms with Gasteiger partial charge in [-0.2, -0.15) is 18.3 Å². The van der Waals surface area contributed by atoms with Crippen LogP contribution in [-0.4, -0.2) is 15.7 Å². The Labute approximate surface area is 156 Å². The van der Waals surface area contributed by atoms with Gasteiger partial charge in [-0.15, -0.1) is 0 Å². The number of alkyl halides is 3. The quantitative estimate of drug-likeness (QED) is 0.746. The predicted molar refractivity (Wildman–Crippen MR) is 96.5 cm³/mol. The molecule has 0 aliphatic heterocycles. The number of halogens is 3. The minimum absolute atomic E-state index is 0.197. The molecule has 146 valence electrons. The molecule has 1 fully saturated rings. The van der Waals surface area contributed by atoms with Crippen LogP contribution >= 0.6 is 0 Å². The molecule has 1 aliphatic rings. The largest absolute Gasteiger partial charge is 0.416 e. The van der Waals surface area contributed by atoms with Crippen molar-refractivity contribution in [3.05, 3.63) is 52.8 Å². The third-order valence-corrected chi connectivity index (χ3v) is 5.11. The van der Waals surface area contributed by atoms with E-state index in [1.165, 1.54) is 6.07 Å². The second kappa shape index (κ2) is 7.37. The molecular weight excluding hydrogens is 355 g/mol. The number of rotatable bonds is 6. The third kappa shape index (κ3) is 4.17. The van der Waals surface area contributed by atoms with E-state index in [-0.39, 0.29) is 11.9 Å². The third-order valence-electron chi connectivity index (χ3n) is 5.11. The summed E-state index contributed by atoms with van der Waals surface area (Å²) in [4.78, 5) is 12.8. The Bertz CT molecular complexity index is 824. The molecule has 1 amide bonds. The van der Waals surface area contributed by atoms with Crippen LogP contribution in [0.25, 0.3) is 0 Å². The fraction of sp³-hybridized carbons (Fsp3) is 0.500. The molecule has 1 aliphatic carbocycles. The smallest absolute Gasteiger partial charge is 0.345 e. The molecule has 1 aromatic heterocycles. The standard InChI is InChI=1S/C20H24F3N3O/c1-4-12(2)26-18(14-8-9-14)17(11-24-26)19(27)25-13(3)15-6-5-7-16(10-15)20(21,22)23/h5-7,10-14H,4,8-9H2,1-3H3,(H,25,27)/t12-,13+/m1/s1. The monoisotopic (exact) mass is 379 g/mol. The zero-order valence-corrected chi connectivity index (χ0v) is 15.7. The van der Waals surface area contributed by atoms with Crippen LogP contribution in [0.2, 0.25) is 0 Å². The van der Waals surface area contributed by atoms with Crippen molar-refractivity contribution in [2.75, 3.05) is 0 Å². The van der Waals surface area contributed by atoms with Crippen molar-refractivity contribution in [1.29, 1.82) is 0 Å². The summed E-state index contributed by atoms with van der Waals surface area (Å²) in [6.45, 7) is 5.81. The predicted octanol–water partition coefficient (Wildman–Crippen LogP) is 5.24. The van der Waals surface area contributed by atoms with E-state index in [1.807, 2.05) is 4.68 Å². The number of nitrogens with zero attached hydrogens (tertiary/aromatic N) is 2. The molecule has 7 heteroatoms. The molecular formula is C20H24F3N3O. The molecule has 0 bridgehead atoms. The van der Waals surface area contributed by atoms with E-state index in [4.69, 9.17) is 0 Å². The Morgan fingerprint density at radius 1 is 1.33 bits per heavy atom. The van der Waals surface area contributed by atoms with Gasteiger partial charge in [0.15, 0.2) is 0 Å². The first-order valence-corrected chi connectivity index (χ1v) is 9.27. The normalized spacial score (nSPS) is 16.8. The summed E-state index contributed by atoms with van der Waals surface area (Å²) in [5.41, 5.74) is 1.17. The number of nitrogens with one attached hydrogen (secondary N) is 1. The molecule has 0 spiro atoms. The molecule has 1 aromatic carbocycles. The summed E-state index contributed by atoms with van der Waals surface area (Å²) >= 11 is 0. The Balaban J connectivity index is 1.81. The molecule has 1 heterocycles. The van der Waals surface area contributed by atoms with Gasteiger partial charge in [0.2, 0.25) is 0 Å². The lowest BCUT2D eigenvalue weighted by Gasteiger charge is -2.17. The van der Waals surface area contributed by atoms with Crippen molar-refractivity contribution >= 4 is 5.91 Å². The van der Waals surface area contributed by atoms with Crippen molar-refractivity contribution in [2.24, 2.45) is 0 Å². The SMILES string of the molecule is CC[C@@H](C)n1ncc(C(=O)N[C@@H](C)c2cccc(C(F)(F)F)c2)c1C1CC1. The average Bonchev–Trinajstić information content (AvgIpc) is 3.38. The molecule has 0 unspecified atom stereocenters. The maximum absolute atomic E-state index is 12.9. The summed E-state index contributed by atoms with van der Waals surface area (Å²) in [6, 6.07) is 4.71. The van der Waals surface area contributed by atoms with E-state index >= 15 is 0 Å². The lowest BCUT2D eigenvalue weighted by molar-refractivity contribution is -0.137. The average molecular weight is 379 g/mol. The van der Waals surface area contributed by atoms with E-state index in [1.54, 1.807) is 19.2 Å². The van der Waals surface area contributed by atoms with Crippen molar-refractivity contribution in [3.63, 3.8) is 0 Å². The van der Waals surface area contributed by atoms with Crippen molar-refractivity contribution < 1.29 is 18.0 Å². The molecule has 3 rings (SSSR count). The lowest BCUT2D eigenvalue weighted by atomic mass is 10.0. The highest BCUT2D eigenvalue weighted by Crippen LogP contribution is 2.42. The Morgan fingerprint density at radius 2 is 2.04 bits per heavy atom. The highest BCUT2D eigenvalue weighted by atomic mass is 19.4. The van der Waals surface area contributed by atoms with Crippen LogP contribution in [0.5, 0.6) is 0 Å². The van der Waals surface area contributed by atoms with Gasteiger partial charge >= 0.3 is 6.18 Å². The topological polar surface area (TPSA) is 46.9 Å². The van der Waals surface area contributed by atoms with Crippen molar-refractivity contribution in [1.82, 2.24) is 15.1 Å². The van der Waals surface area contributed by atoms with Crippen LogP contribution < -0.4 is 5.32 Å². The van der Waals surface area contributed by atoms with E-state index in [2.05, 4.69) is 24.3 Å².